The van der Waals surface area contributed by atoms with Crippen molar-refractivity contribution >= 4 is 40.1 Å². The topological polar surface area (TPSA) is 70.1 Å². The van der Waals surface area contributed by atoms with Gasteiger partial charge in [0.15, 0.2) is 4.34 Å². The van der Waals surface area contributed by atoms with Crippen LogP contribution in [0.2, 0.25) is 0 Å². The maximum Gasteiger partial charge on any atom is 0.324 e. The quantitative estimate of drug-likeness (QED) is 0.423. The van der Waals surface area contributed by atoms with E-state index >= 15 is 0 Å². The Balaban J connectivity index is 1.38. The average molecular weight is 432 g/mol. The fourth-order valence-corrected chi connectivity index (χ4v) is 5.83. The normalized spacial score (nSPS) is 18.3. The lowest BCUT2D eigenvalue weighted by molar-refractivity contribution is 0.114. The number of nitrogens with zero attached hydrogens (tertiary/aromatic N) is 3. The fourth-order valence-electron chi connectivity index (χ4n) is 4.41. The van der Waals surface area contributed by atoms with Crippen molar-refractivity contribution in [3.8, 4) is 0 Å². The molecule has 1 aromatic heterocycles. The minimum Gasteiger partial charge on any atom is -0.324 e. The molecule has 0 atom stereocenters. The molecule has 0 unspecified atom stereocenters. The average Bonchev–Trinajstić information content (AvgIpc) is 3.22. The van der Waals surface area contributed by atoms with E-state index in [1.54, 1.807) is 0 Å². The van der Waals surface area contributed by atoms with E-state index in [-0.39, 0.29) is 6.03 Å². The number of amides is 2. The third kappa shape index (κ3) is 5.63. The van der Waals surface area contributed by atoms with Gasteiger partial charge in [0.2, 0.25) is 5.13 Å². The molecular weight excluding hydrogens is 402 g/mol. The van der Waals surface area contributed by atoms with E-state index in [0.717, 1.165) is 35.7 Å². The van der Waals surface area contributed by atoms with Crippen LogP contribution in [-0.4, -0.2) is 33.2 Å². The van der Waals surface area contributed by atoms with E-state index in [9.17, 15) is 4.79 Å². The number of aromatic nitrogens is 2. The Morgan fingerprint density at radius 2 is 1.55 bits per heavy atom. The summed E-state index contributed by atoms with van der Waals surface area (Å²) in [5.41, 5.74) is 1.01. The van der Waals surface area contributed by atoms with Crippen LogP contribution in [0, 0.1) is 0 Å². The van der Waals surface area contributed by atoms with Gasteiger partial charge in [-0.05, 0) is 37.8 Å². The van der Waals surface area contributed by atoms with Crippen molar-refractivity contribution in [1.82, 2.24) is 15.1 Å². The largest absolute Gasteiger partial charge is 0.324 e. The molecule has 156 valence electrons. The SMILES string of the molecule is O=C(Nc1nnc(SNc2ccccc2)s1)N(C1CCCCC1)C1CCCCC1. The van der Waals surface area contributed by atoms with Crippen molar-refractivity contribution in [3.63, 3.8) is 0 Å². The number of hydrogen-bond acceptors (Lipinski definition) is 6. The van der Waals surface area contributed by atoms with Gasteiger partial charge in [-0.25, -0.2) is 4.79 Å². The number of benzene rings is 1. The maximum atomic E-state index is 13.2. The lowest BCUT2D eigenvalue weighted by atomic mass is 9.89. The number of carbonyl (C=O) groups excluding carboxylic acids is 1. The fraction of sp³-hybridized carbons (Fsp3) is 0.571. The van der Waals surface area contributed by atoms with Gasteiger partial charge in [-0.3, -0.25) is 5.32 Å². The second-order valence-corrected chi connectivity index (χ2v) is 9.90. The summed E-state index contributed by atoms with van der Waals surface area (Å²) in [6, 6.07) is 10.7. The first-order valence-corrected chi connectivity index (χ1v) is 12.3. The van der Waals surface area contributed by atoms with Crippen molar-refractivity contribution in [2.24, 2.45) is 0 Å². The zero-order valence-electron chi connectivity index (χ0n) is 16.7. The highest BCUT2D eigenvalue weighted by Crippen LogP contribution is 2.32. The van der Waals surface area contributed by atoms with Crippen LogP contribution >= 0.6 is 23.3 Å². The standard InChI is InChI=1S/C21H29N5OS2/c27-20(26(17-12-6-2-7-13-17)18-14-8-3-9-15-18)22-19-23-24-21(28-19)29-25-16-10-4-1-5-11-16/h1,4-5,10-11,17-18,25H,2-3,6-9,12-15H2,(H,22,23,27). The maximum absolute atomic E-state index is 13.2. The smallest absolute Gasteiger partial charge is 0.324 e. The van der Waals surface area contributed by atoms with Gasteiger partial charge in [0, 0.05) is 29.7 Å². The molecule has 2 amide bonds. The van der Waals surface area contributed by atoms with Gasteiger partial charge in [0.05, 0.1) is 0 Å². The first kappa shape index (κ1) is 20.5. The summed E-state index contributed by atoms with van der Waals surface area (Å²) in [7, 11) is 0. The Labute approximate surface area is 181 Å². The molecule has 2 aliphatic rings. The molecule has 0 aliphatic heterocycles. The van der Waals surface area contributed by atoms with Crippen LogP contribution in [0.5, 0.6) is 0 Å². The van der Waals surface area contributed by atoms with E-state index in [1.165, 1.54) is 61.8 Å². The highest BCUT2D eigenvalue weighted by molar-refractivity contribution is 8.02. The summed E-state index contributed by atoms with van der Waals surface area (Å²) < 4.78 is 4.04. The molecule has 6 nitrogen and oxygen atoms in total. The van der Waals surface area contributed by atoms with Crippen molar-refractivity contribution in [1.29, 1.82) is 0 Å². The number of anilines is 2. The van der Waals surface area contributed by atoms with E-state index in [4.69, 9.17) is 0 Å². The minimum absolute atomic E-state index is 0.00696. The zero-order chi connectivity index (χ0) is 19.9. The predicted molar refractivity (Wildman–Crippen MR) is 120 cm³/mol. The summed E-state index contributed by atoms with van der Waals surface area (Å²) in [5.74, 6) is 0. The van der Waals surface area contributed by atoms with Gasteiger partial charge in [-0.15, -0.1) is 10.2 Å². The van der Waals surface area contributed by atoms with Crippen LogP contribution in [-0.2, 0) is 0 Å². The predicted octanol–water partition coefficient (Wildman–Crippen LogP) is 6.16. The van der Waals surface area contributed by atoms with Gasteiger partial charge in [-0.2, -0.15) is 0 Å². The monoisotopic (exact) mass is 431 g/mol. The molecule has 2 saturated carbocycles. The van der Waals surface area contributed by atoms with Crippen molar-refractivity contribution in [2.45, 2.75) is 80.6 Å². The minimum atomic E-state index is 0.00696. The Morgan fingerprint density at radius 1 is 0.931 bits per heavy atom. The lowest BCUT2D eigenvalue weighted by Gasteiger charge is -2.41. The van der Waals surface area contributed by atoms with Crippen LogP contribution in [0.1, 0.15) is 64.2 Å². The molecule has 0 saturated heterocycles. The van der Waals surface area contributed by atoms with Crippen LogP contribution < -0.4 is 10.0 Å². The summed E-state index contributed by atoms with van der Waals surface area (Å²) in [5, 5.41) is 12.0. The van der Waals surface area contributed by atoms with Crippen LogP contribution in [0.15, 0.2) is 34.7 Å². The Bertz CT molecular complexity index is 754. The molecule has 2 N–H and O–H groups in total. The number of carbonyl (C=O) groups is 1. The van der Waals surface area contributed by atoms with Crippen molar-refractivity contribution in [3.05, 3.63) is 30.3 Å². The first-order chi connectivity index (χ1) is 14.3. The molecule has 8 heteroatoms. The molecule has 0 spiro atoms. The van der Waals surface area contributed by atoms with E-state index in [2.05, 4.69) is 25.1 Å². The van der Waals surface area contributed by atoms with E-state index < -0.39 is 0 Å². The molecule has 29 heavy (non-hydrogen) atoms. The molecule has 2 fully saturated rings. The van der Waals surface area contributed by atoms with Crippen LogP contribution in [0.4, 0.5) is 15.6 Å². The second kappa shape index (κ2) is 10.3. The van der Waals surface area contributed by atoms with Gasteiger partial charge in [0.25, 0.3) is 0 Å². The Kier molecular flexibility index (Phi) is 7.27. The molecular formula is C21H29N5OS2. The number of urea groups is 1. The van der Waals surface area contributed by atoms with Gasteiger partial charge < -0.3 is 9.62 Å². The zero-order valence-corrected chi connectivity index (χ0v) is 18.3. The number of para-hydroxylation sites is 1. The highest BCUT2D eigenvalue weighted by atomic mass is 32.2. The number of nitrogens with one attached hydrogen (secondary N) is 2. The molecule has 4 rings (SSSR count). The summed E-state index contributed by atoms with van der Waals surface area (Å²) in [6.45, 7) is 0. The van der Waals surface area contributed by atoms with Gasteiger partial charge >= 0.3 is 6.03 Å². The summed E-state index contributed by atoms with van der Waals surface area (Å²) in [4.78, 5) is 15.4. The number of hydrogen-bond donors (Lipinski definition) is 2. The van der Waals surface area contributed by atoms with E-state index in [0.29, 0.717) is 17.2 Å². The summed E-state index contributed by atoms with van der Waals surface area (Å²) >= 11 is 2.83. The van der Waals surface area contributed by atoms with Crippen molar-refractivity contribution in [2.75, 3.05) is 10.0 Å². The number of rotatable bonds is 6. The molecule has 1 heterocycles. The second-order valence-electron chi connectivity index (χ2n) is 7.86. The van der Waals surface area contributed by atoms with Gasteiger partial charge in [-0.1, -0.05) is 68.1 Å². The Morgan fingerprint density at radius 3 is 2.17 bits per heavy atom. The lowest BCUT2D eigenvalue weighted by Crippen LogP contribution is -2.50. The van der Waals surface area contributed by atoms with Gasteiger partial charge in [0.1, 0.15) is 0 Å². The molecule has 1 aromatic carbocycles. The third-order valence-electron chi connectivity index (χ3n) is 5.82. The molecule has 2 aliphatic carbocycles. The molecule has 2 aromatic rings. The van der Waals surface area contributed by atoms with Crippen LogP contribution in [0.25, 0.3) is 0 Å². The van der Waals surface area contributed by atoms with Crippen molar-refractivity contribution < 1.29 is 4.79 Å². The highest BCUT2D eigenvalue weighted by Gasteiger charge is 2.32. The van der Waals surface area contributed by atoms with Crippen LogP contribution in [0.3, 0.4) is 0 Å². The first-order valence-electron chi connectivity index (χ1n) is 10.7. The molecule has 0 radical (unpaired) electrons. The summed E-state index contributed by atoms with van der Waals surface area (Å²) in [6.07, 6.45) is 12.0. The Hall–Kier alpha value is -1.80. The third-order valence-corrected chi connectivity index (χ3v) is 7.55. The molecule has 0 bridgehead atoms. The van der Waals surface area contributed by atoms with E-state index in [1.807, 2.05) is 30.3 Å².